The Kier molecular flexibility index (Phi) is 3.42. The summed E-state index contributed by atoms with van der Waals surface area (Å²) in [6, 6.07) is 4.87. The largest absolute Gasteiger partial charge is 0.308 e. The number of rotatable bonds is 2. The molecule has 0 amide bonds. The quantitative estimate of drug-likeness (QED) is 0.888. The van der Waals surface area contributed by atoms with Gasteiger partial charge in [-0.2, -0.15) is 0 Å². The first-order valence-electron chi connectivity index (χ1n) is 6.93. The summed E-state index contributed by atoms with van der Waals surface area (Å²) >= 11 is 1.79. The number of benzene rings is 1. The van der Waals surface area contributed by atoms with Crippen molar-refractivity contribution in [3.05, 3.63) is 39.2 Å². The van der Waals surface area contributed by atoms with Gasteiger partial charge < -0.3 is 5.32 Å². The Balaban J connectivity index is 2.01. The molecule has 19 heavy (non-hydrogen) atoms. The second-order valence-electron chi connectivity index (χ2n) is 5.42. The first-order chi connectivity index (χ1) is 9.16. The minimum atomic E-state index is 0.476. The molecule has 1 fully saturated rings. The third-order valence-electron chi connectivity index (χ3n) is 4.08. The van der Waals surface area contributed by atoms with E-state index < -0.39 is 0 Å². The summed E-state index contributed by atoms with van der Waals surface area (Å²) in [5.74, 6) is 0. The number of nitrogens with one attached hydrogen (secondary N) is 1. The van der Waals surface area contributed by atoms with Gasteiger partial charge in [0, 0.05) is 10.9 Å². The van der Waals surface area contributed by atoms with Crippen molar-refractivity contribution in [3.63, 3.8) is 0 Å². The molecule has 1 aromatic heterocycles. The summed E-state index contributed by atoms with van der Waals surface area (Å²) < 4.78 is 0. The lowest BCUT2D eigenvalue weighted by atomic mass is 9.97. The van der Waals surface area contributed by atoms with Crippen LogP contribution in [0.4, 0.5) is 0 Å². The molecule has 2 aromatic rings. The highest BCUT2D eigenvalue weighted by Gasteiger charge is 2.20. The van der Waals surface area contributed by atoms with Crippen LogP contribution in [0.3, 0.4) is 0 Å². The number of aromatic nitrogens is 1. The van der Waals surface area contributed by atoms with Crippen LogP contribution in [-0.4, -0.2) is 11.5 Å². The van der Waals surface area contributed by atoms with Gasteiger partial charge in [0.2, 0.25) is 0 Å². The van der Waals surface area contributed by atoms with Gasteiger partial charge in [-0.1, -0.05) is 12.1 Å². The van der Waals surface area contributed by atoms with E-state index in [2.05, 4.69) is 43.6 Å². The Morgan fingerprint density at radius 1 is 1.21 bits per heavy atom. The zero-order valence-corrected chi connectivity index (χ0v) is 12.6. The van der Waals surface area contributed by atoms with Gasteiger partial charge in [0.25, 0.3) is 0 Å². The maximum absolute atomic E-state index is 4.88. The van der Waals surface area contributed by atoms with Gasteiger partial charge in [-0.05, 0) is 56.8 Å². The van der Waals surface area contributed by atoms with Crippen LogP contribution in [-0.2, 0) is 0 Å². The molecule has 3 heteroatoms. The van der Waals surface area contributed by atoms with E-state index in [1.807, 2.05) is 0 Å². The lowest BCUT2D eigenvalue weighted by Crippen LogP contribution is -2.12. The van der Waals surface area contributed by atoms with E-state index in [0.717, 1.165) is 12.2 Å². The van der Waals surface area contributed by atoms with Crippen molar-refractivity contribution in [2.75, 3.05) is 6.54 Å². The van der Waals surface area contributed by atoms with E-state index in [1.165, 1.54) is 40.1 Å². The maximum atomic E-state index is 4.88. The van der Waals surface area contributed by atoms with Gasteiger partial charge in [-0.15, -0.1) is 11.3 Å². The molecule has 1 saturated heterocycles. The number of nitrogens with zero attached hydrogens (tertiary/aromatic N) is 1. The molecule has 1 unspecified atom stereocenters. The van der Waals surface area contributed by atoms with Crippen molar-refractivity contribution in [2.24, 2.45) is 0 Å². The van der Waals surface area contributed by atoms with Crippen molar-refractivity contribution in [2.45, 2.75) is 39.7 Å². The molecule has 1 aliphatic heterocycles. The monoisotopic (exact) mass is 272 g/mol. The van der Waals surface area contributed by atoms with Crippen LogP contribution >= 0.6 is 11.3 Å². The zero-order chi connectivity index (χ0) is 13.4. The molecule has 2 nitrogen and oxygen atoms in total. The van der Waals surface area contributed by atoms with Gasteiger partial charge in [0.1, 0.15) is 5.01 Å². The number of hydrogen-bond donors (Lipinski definition) is 1. The third kappa shape index (κ3) is 2.33. The molecule has 1 atom stereocenters. The van der Waals surface area contributed by atoms with Crippen molar-refractivity contribution < 1.29 is 0 Å². The van der Waals surface area contributed by atoms with Crippen LogP contribution < -0.4 is 5.32 Å². The van der Waals surface area contributed by atoms with Crippen LogP contribution in [0.1, 0.15) is 40.6 Å². The second-order valence-corrected chi connectivity index (χ2v) is 6.31. The zero-order valence-electron chi connectivity index (χ0n) is 11.8. The number of hydrogen-bond acceptors (Lipinski definition) is 3. The van der Waals surface area contributed by atoms with E-state index >= 15 is 0 Å². The fourth-order valence-corrected chi connectivity index (χ4v) is 3.72. The summed E-state index contributed by atoms with van der Waals surface area (Å²) in [4.78, 5) is 4.88. The lowest BCUT2D eigenvalue weighted by Gasteiger charge is -2.10. The molecular weight excluding hydrogens is 252 g/mol. The van der Waals surface area contributed by atoms with Crippen LogP contribution in [0.5, 0.6) is 0 Å². The van der Waals surface area contributed by atoms with Gasteiger partial charge in [0.05, 0.1) is 11.7 Å². The molecular formula is C16H20N2S. The van der Waals surface area contributed by atoms with Crippen LogP contribution in [0.15, 0.2) is 17.5 Å². The van der Waals surface area contributed by atoms with E-state index in [-0.39, 0.29) is 0 Å². The van der Waals surface area contributed by atoms with E-state index in [0.29, 0.717) is 6.04 Å². The maximum Gasteiger partial charge on any atom is 0.110 e. The second kappa shape index (κ2) is 5.06. The summed E-state index contributed by atoms with van der Waals surface area (Å²) in [5.41, 5.74) is 6.48. The molecule has 2 heterocycles. The van der Waals surface area contributed by atoms with Crippen LogP contribution in [0, 0.1) is 20.8 Å². The van der Waals surface area contributed by atoms with Crippen LogP contribution in [0.25, 0.3) is 11.3 Å². The Hall–Kier alpha value is -1.19. The smallest absolute Gasteiger partial charge is 0.110 e. The molecule has 3 rings (SSSR count). The summed E-state index contributed by atoms with van der Waals surface area (Å²) in [6.07, 6.45) is 2.49. The summed E-state index contributed by atoms with van der Waals surface area (Å²) in [5, 5.41) is 6.98. The first-order valence-corrected chi connectivity index (χ1v) is 7.81. The Morgan fingerprint density at radius 2 is 2.00 bits per heavy atom. The first kappa shape index (κ1) is 12.8. The minimum absolute atomic E-state index is 0.476. The minimum Gasteiger partial charge on any atom is -0.308 e. The van der Waals surface area contributed by atoms with E-state index in [4.69, 9.17) is 4.98 Å². The predicted molar refractivity (Wildman–Crippen MR) is 81.7 cm³/mol. The fraction of sp³-hybridized carbons (Fsp3) is 0.438. The summed E-state index contributed by atoms with van der Waals surface area (Å²) in [7, 11) is 0. The number of thiazole rings is 1. The van der Waals surface area contributed by atoms with Gasteiger partial charge in [0.15, 0.2) is 0 Å². The molecule has 0 radical (unpaired) electrons. The standard InChI is InChI=1S/C16H20N2S/c1-10-6-7-11(2)15(12(10)3)14-9-19-16(18-14)13-5-4-8-17-13/h6-7,9,13,17H,4-5,8H2,1-3H3. The highest BCUT2D eigenvalue weighted by atomic mass is 32.1. The molecule has 1 N–H and O–H groups in total. The summed E-state index contributed by atoms with van der Waals surface area (Å²) in [6.45, 7) is 7.67. The third-order valence-corrected chi connectivity index (χ3v) is 5.04. The SMILES string of the molecule is Cc1ccc(C)c(-c2csc(C3CCCN3)n2)c1C. The molecule has 0 saturated carbocycles. The molecule has 0 aliphatic carbocycles. The van der Waals surface area contributed by atoms with E-state index in [9.17, 15) is 0 Å². The molecule has 0 spiro atoms. The molecule has 0 bridgehead atoms. The van der Waals surface area contributed by atoms with Crippen molar-refractivity contribution >= 4 is 11.3 Å². The molecule has 100 valence electrons. The van der Waals surface area contributed by atoms with Crippen LogP contribution in [0.2, 0.25) is 0 Å². The average molecular weight is 272 g/mol. The predicted octanol–water partition coefficient (Wildman–Crippen LogP) is 4.16. The van der Waals surface area contributed by atoms with Crippen molar-refractivity contribution in [1.29, 1.82) is 0 Å². The molecule has 1 aliphatic rings. The van der Waals surface area contributed by atoms with Gasteiger partial charge >= 0.3 is 0 Å². The Morgan fingerprint density at radius 3 is 2.74 bits per heavy atom. The Bertz CT molecular complexity index is 595. The fourth-order valence-electron chi connectivity index (χ4n) is 2.80. The van der Waals surface area contributed by atoms with Crippen molar-refractivity contribution in [1.82, 2.24) is 10.3 Å². The number of aryl methyl sites for hydroxylation is 2. The molecule has 1 aromatic carbocycles. The van der Waals surface area contributed by atoms with Gasteiger partial charge in [-0.25, -0.2) is 4.98 Å². The highest BCUT2D eigenvalue weighted by Crippen LogP contribution is 2.33. The van der Waals surface area contributed by atoms with Crippen molar-refractivity contribution in [3.8, 4) is 11.3 Å². The normalized spacial score (nSPS) is 19.0. The lowest BCUT2D eigenvalue weighted by molar-refractivity contribution is 0.643. The highest BCUT2D eigenvalue weighted by molar-refractivity contribution is 7.10. The van der Waals surface area contributed by atoms with E-state index in [1.54, 1.807) is 11.3 Å². The Labute approximate surface area is 118 Å². The topological polar surface area (TPSA) is 24.9 Å². The van der Waals surface area contributed by atoms with Gasteiger partial charge in [-0.3, -0.25) is 0 Å². The average Bonchev–Trinajstić information content (AvgIpc) is 3.04.